The molecule has 1 atom stereocenters. The van der Waals surface area contributed by atoms with Crippen molar-refractivity contribution in [1.29, 1.82) is 0 Å². The van der Waals surface area contributed by atoms with Crippen molar-refractivity contribution in [2.75, 3.05) is 45.7 Å². The molecule has 0 spiro atoms. The average Bonchev–Trinajstić information content (AvgIpc) is 3.28. The number of nitrogens with one attached hydrogen (secondary N) is 1. The normalized spacial score (nSPS) is 16.6. The van der Waals surface area contributed by atoms with Gasteiger partial charge in [-0.15, -0.1) is 5.06 Å². The summed E-state index contributed by atoms with van der Waals surface area (Å²) < 4.78 is 1.73. The molecule has 35 heavy (non-hydrogen) atoms. The first-order chi connectivity index (χ1) is 16.9. The molecule has 1 N–H and O–H groups in total. The van der Waals surface area contributed by atoms with Gasteiger partial charge in [0.25, 0.3) is 5.91 Å². The van der Waals surface area contributed by atoms with Crippen molar-refractivity contribution in [3.63, 3.8) is 0 Å². The average molecular weight is 479 g/mol. The number of pyridine rings is 1. The Labute approximate surface area is 204 Å². The second kappa shape index (κ2) is 10.7. The molecule has 1 fully saturated rings. The minimum atomic E-state index is -0.623. The van der Waals surface area contributed by atoms with Gasteiger partial charge in [-0.1, -0.05) is 18.2 Å². The van der Waals surface area contributed by atoms with E-state index in [-0.39, 0.29) is 11.8 Å². The van der Waals surface area contributed by atoms with Crippen molar-refractivity contribution in [2.24, 2.45) is 0 Å². The molecule has 1 unspecified atom stereocenters. The Morgan fingerprint density at radius 2 is 1.86 bits per heavy atom. The van der Waals surface area contributed by atoms with Gasteiger partial charge >= 0.3 is 5.97 Å². The quantitative estimate of drug-likeness (QED) is 0.527. The van der Waals surface area contributed by atoms with Gasteiger partial charge < -0.3 is 19.5 Å². The molecule has 10 nitrogen and oxygen atoms in total. The Morgan fingerprint density at radius 1 is 1.09 bits per heavy atom. The molecule has 1 aromatic carbocycles. The number of carbonyl (C=O) groups is 3. The molecule has 184 valence electrons. The summed E-state index contributed by atoms with van der Waals surface area (Å²) >= 11 is 0. The SMILES string of the molecule is CNC(=O)c1ccc2nc(N3CCN(OC(=O)c4ccccc4)C(CCCN(C)C)C3=O)cn2c1. The summed E-state index contributed by atoms with van der Waals surface area (Å²) in [4.78, 5) is 52.2. The third-order valence-corrected chi connectivity index (χ3v) is 5.94. The predicted molar refractivity (Wildman–Crippen MR) is 131 cm³/mol. The van der Waals surface area contributed by atoms with E-state index in [1.54, 1.807) is 65.1 Å². The van der Waals surface area contributed by atoms with Crippen LogP contribution in [0.5, 0.6) is 0 Å². The summed E-state index contributed by atoms with van der Waals surface area (Å²) in [6.45, 7) is 1.48. The highest BCUT2D eigenvalue weighted by molar-refractivity contribution is 5.98. The van der Waals surface area contributed by atoms with E-state index in [1.807, 2.05) is 20.2 Å². The van der Waals surface area contributed by atoms with E-state index in [4.69, 9.17) is 4.84 Å². The Balaban J connectivity index is 1.55. The summed E-state index contributed by atoms with van der Waals surface area (Å²) in [5.41, 5.74) is 1.55. The number of fused-ring (bicyclic) bond motifs is 1. The standard InChI is InChI=1S/C25H30N6O4/c1-26-23(32)19-11-12-21-27-22(17-29(21)16-19)30-14-15-31(20(24(30)33)10-7-13-28(2)3)35-25(34)18-8-5-4-6-9-18/h4-6,8-9,11-12,16-17,20H,7,10,13-15H2,1-3H3,(H,26,32). The van der Waals surface area contributed by atoms with Crippen LogP contribution in [0.25, 0.3) is 5.65 Å². The van der Waals surface area contributed by atoms with E-state index in [0.29, 0.717) is 42.1 Å². The van der Waals surface area contributed by atoms with Gasteiger partial charge in [0, 0.05) is 19.8 Å². The summed E-state index contributed by atoms with van der Waals surface area (Å²) in [5.74, 6) is -0.367. The number of carbonyl (C=O) groups excluding carboxylic acids is 3. The van der Waals surface area contributed by atoms with E-state index in [9.17, 15) is 14.4 Å². The second-order valence-corrected chi connectivity index (χ2v) is 8.70. The second-order valence-electron chi connectivity index (χ2n) is 8.70. The van der Waals surface area contributed by atoms with E-state index in [1.165, 1.54) is 5.06 Å². The van der Waals surface area contributed by atoms with Crippen LogP contribution in [0.1, 0.15) is 33.6 Å². The number of amides is 2. The maximum atomic E-state index is 13.6. The molecule has 3 heterocycles. The molecular formula is C25H30N6O4. The largest absolute Gasteiger partial charge is 0.363 e. The predicted octanol–water partition coefficient (Wildman–Crippen LogP) is 1.82. The molecule has 0 bridgehead atoms. The molecule has 0 radical (unpaired) electrons. The molecule has 1 aliphatic heterocycles. The third kappa shape index (κ3) is 5.50. The topological polar surface area (TPSA) is 99.5 Å². The number of nitrogens with zero attached hydrogens (tertiary/aromatic N) is 5. The molecule has 1 aliphatic rings. The van der Waals surface area contributed by atoms with Crippen molar-refractivity contribution < 1.29 is 19.2 Å². The highest BCUT2D eigenvalue weighted by atomic mass is 16.7. The molecule has 4 rings (SSSR count). The molecule has 3 aromatic rings. The van der Waals surface area contributed by atoms with Gasteiger partial charge in [-0.25, -0.2) is 9.78 Å². The van der Waals surface area contributed by atoms with Gasteiger partial charge in [0.15, 0.2) is 5.82 Å². The number of rotatable bonds is 8. The lowest BCUT2D eigenvalue weighted by atomic mass is 10.1. The Morgan fingerprint density at radius 3 is 2.57 bits per heavy atom. The molecule has 1 saturated heterocycles. The van der Waals surface area contributed by atoms with Crippen LogP contribution in [0.3, 0.4) is 0 Å². The van der Waals surface area contributed by atoms with Gasteiger partial charge in [0.05, 0.1) is 23.9 Å². The highest BCUT2D eigenvalue weighted by Gasteiger charge is 2.38. The fourth-order valence-corrected chi connectivity index (χ4v) is 4.09. The third-order valence-electron chi connectivity index (χ3n) is 5.94. The minimum absolute atomic E-state index is 0.175. The lowest BCUT2D eigenvalue weighted by Crippen LogP contribution is -2.57. The summed E-state index contributed by atoms with van der Waals surface area (Å²) in [6, 6.07) is 11.6. The van der Waals surface area contributed by atoms with Crippen LogP contribution >= 0.6 is 0 Å². The van der Waals surface area contributed by atoms with Crippen LogP contribution in [0, 0.1) is 0 Å². The lowest BCUT2D eigenvalue weighted by Gasteiger charge is -2.38. The number of piperazine rings is 1. The molecule has 2 amide bonds. The molecular weight excluding hydrogens is 448 g/mol. The number of hydroxylamine groups is 2. The number of benzene rings is 1. The number of anilines is 1. The fourth-order valence-electron chi connectivity index (χ4n) is 4.09. The smallest absolute Gasteiger partial charge is 0.357 e. The van der Waals surface area contributed by atoms with Gasteiger partial charge in [0.1, 0.15) is 11.7 Å². The monoisotopic (exact) mass is 478 g/mol. The van der Waals surface area contributed by atoms with Crippen molar-refractivity contribution >= 4 is 29.2 Å². The summed E-state index contributed by atoms with van der Waals surface area (Å²) in [7, 11) is 5.53. The number of imidazole rings is 1. The van der Waals surface area contributed by atoms with Crippen molar-refractivity contribution in [3.8, 4) is 0 Å². The van der Waals surface area contributed by atoms with E-state index < -0.39 is 12.0 Å². The molecule has 0 saturated carbocycles. The lowest BCUT2D eigenvalue weighted by molar-refractivity contribution is -0.164. The van der Waals surface area contributed by atoms with Crippen molar-refractivity contribution in [3.05, 3.63) is 66.0 Å². The summed E-state index contributed by atoms with van der Waals surface area (Å²) in [5, 5.41) is 4.10. The van der Waals surface area contributed by atoms with E-state index in [2.05, 4.69) is 15.2 Å². The van der Waals surface area contributed by atoms with Crippen LogP contribution in [0.2, 0.25) is 0 Å². The first kappa shape index (κ1) is 24.4. The van der Waals surface area contributed by atoms with Gasteiger partial charge in [0.2, 0.25) is 5.91 Å². The molecule has 2 aromatic heterocycles. The Bertz CT molecular complexity index is 1210. The zero-order valence-corrected chi connectivity index (χ0v) is 20.2. The first-order valence-electron chi connectivity index (χ1n) is 11.6. The van der Waals surface area contributed by atoms with Crippen molar-refractivity contribution in [2.45, 2.75) is 18.9 Å². The zero-order valence-electron chi connectivity index (χ0n) is 20.2. The van der Waals surface area contributed by atoms with Crippen LogP contribution in [-0.4, -0.2) is 84.0 Å². The number of hydrogen-bond acceptors (Lipinski definition) is 7. The number of hydrogen-bond donors (Lipinski definition) is 1. The molecule has 0 aliphatic carbocycles. The molecule has 10 heteroatoms. The maximum Gasteiger partial charge on any atom is 0.357 e. The van der Waals surface area contributed by atoms with E-state index >= 15 is 0 Å². The maximum absolute atomic E-state index is 13.6. The number of aromatic nitrogens is 2. The highest BCUT2D eigenvalue weighted by Crippen LogP contribution is 2.24. The Kier molecular flexibility index (Phi) is 7.42. The Hall–Kier alpha value is -3.76. The van der Waals surface area contributed by atoms with Gasteiger partial charge in [-0.3, -0.25) is 14.5 Å². The summed E-state index contributed by atoms with van der Waals surface area (Å²) in [6.07, 6.45) is 4.71. The van der Waals surface area contributed by atoms with Crippen LogP contribution in [0.15, 0.2) is 54.9 Å². The van der Waals surface area contributed by atoms with Gasteiger partial charge in [-0.05, 0) is 57.7 Å². The van der Waals surface area contributed by atoms with Crippen LogP contribution in [0.4, 0.5) is 5.82 Å². The van der Waals surface area contributed by atoms with Crippen LogP contribution in [-0.2, 0) is 9.63 Å². The van der Waals surface area contributed by atoms with Gasteiger partial charge in [-0.2, -0.15) is 0 Å². The van der Waals surface area contributed by atoms with Crippen molar-refractivity contribution in [1.82, 2.24) is 24.7 Å². The zero-order chi connectivity index (χ0) is 24.9. The minimum Gasteiger partial charge on any atom is -0.363 e. The first-order valence-corrected chi connectivity index (χ1v) is 11.6. The van der Waals surface area contributed by atoms with Crippen LogP contribution < -0.4 is 10.2 Å². The van der Waals surface area contributed by atoms with E-state index in [0.717, 1.165) is 13.0 Å². The fraction of sp³-hybridized carbons (Fsp3) is 0.360.